The van der Waals surface area contributed by atoms with Crippen molar-refractivity contribution in [3.05, 3.63) is 33.8 Å². The van der Waals surface area contributed by atoms with E-state index in [0.717, 1.165) is 10.0 Å². The first kappa shape index (κ1) is 15.2. The van der Waals surface area contributed by atoms with E-state index in [4.69, 9.17) is 5.73 Å². The van der Waals surface area contributed by atoms with Crippen LogP contribution >= 0.6 is 15.9 Å². The van der Waals surface area contributed by atoms with Gasteiger partial charge in [-0.1, -0.05) is 25.5 Å². The van der Waals surface area contributed by atoms with E-state index in [9.17, 15) is 4.79 Å². The molecule has 18 heavy (non-hydrogen) atoms. The molecule has 2 N–H and O–H groups in total. The molecule has 1 rings (SSSR count). The Morgan fingerprint density at radius 3 is 2.61 bits per heavy atom. The minimum absolute atomic E-state index is 0.0205. The molecule has 0 saturated heterocycles. The highest BCUT2D eigenvalue weighted by Gasteiger charge is 2.22. The van der Waals surface area contributed by atoms with Gasteiger partial charge in [0.2, 0.25) is 0 Å². The van der Waals surface area contributed by atoms with E-state index in [-0.39, 0.29) is 11.3 Å². The van der Waals surface area contributed by atoms with Crippen molar-refractivity contribution in [1.29, 1.82) is 0 Å². The topological polar surface area (TPSA) is 46.3 Å². The molecule has 3 nitrogen and oxygen atoms in total. The zero-order chi connectivity index (χ0) is 13.9. The van der Waals surface area contributed by atoms with Crippen LogP contribution in [0.5, 0.6) is 0 Å². The number of nitrogens with zero attached hydrogens (tertiary/aromatic N) is 1. The zero-order valence-electron chi connectivity index (χ0n) is 11.5. The number of rotatable bonds is 4. The van der Waals surface area contributed by atoms with E-state index < -0.39 is 0 Å². The van der Waals surface area contributed by atoms with Crippen LogP contribution in [0, 0.1) is 12.3 Å². The number of amides is 1. The molecule has 0 aliphatic carbocycles. The molecule has 1 aromatic carbocycles. The molecule has 1 amide bonds. The summed E-state index contributed by atoms with van der Waals surface area (Å²) in [5.41, 5.74) is 7.41. The molecule has 0 fully saturated rings. The molecule has 0 saturated carbocycles. The van der Waals surface area contributed by atoms with Gasteiger partial charge in [0, 0.05) is 18.1 Å². The van der Waals surface area contributed by atoms with Crippen LogP contribution in [0.15, 0.2) is 22.7 Å². The van der Waals surface area contributed by atoms with Crippen LogP contribution in [0.3, 0.4) is 0 Å². The van der Waals surface area contributed by atoms with Gasteiger partial charge in [0.15, 0.2) is 0 Å². The first-order chi connectivity index (χ1) is 8.26. The highest BCUT2D eigenvalue weighted by atomic mass is 79.9. The maximum atomic E-state index is 12.4. The van der Waals surface area contributed by atoms with E-state index in [1.165, 1.54) is 0 Å². The molecule has 0 aromatic heterocycles. The van der Waals surface area contributed by atoms with Gasteiger partial charge in [0.1, 0.15) is 0 Å². The number of hydrogen-bond donors (Lipinski definition) is 1. The normalized spacial score (nSPS) is 11.4. The summed E-state index contributed by atoms with van der Waals surface area (Å²) in [6, 6.07) is 5.79. The van der Waals surface area contributed by atoms with E-state index in [2.05, 4.69) is 29.8 Å². The quantitative estimate of drug-likeness (QED) is 0.929. The summed E-state index contributed by atoms with van der Waals surface area (Å²) < 4.78 is 0.829. The Labute approximate surface area is 117 Å². The van der Waals surface area contributed by atoms with Crippen molar-refractivity contribution in [3.63, 3.8) is 0 Å². The van der Waals surface area contributed by atoms with Crippen molar-refractivity contribution < 1.29 is 4.79 Å². The highest BCUT2D eigenvalue weighted by molar-refractivity contribution is 9.10. The van der Waals surface area contributed by atoms with Crippen LogP contribution in [-0.2, 0) is 0 Å². The van der Waals surface area contributed by atoms with Crippen molar-refractivity contribution >= 4 is 21.8 Å². The van der Waals surface area contributed by atoms with E-state index >= 15 is 0 Å². The lowest BCUT2D eigenvalue weighted by Crippen LogP contribution is -2.39. The van der Waals surface area contributed by atoms with Gasteiger partial charge in [-0.3, -0.25) is 4.79 Å². The Bertz CT molecular complexity index is 443. The van der Waals surface area contributed by atoms with Gasteiger partial charge in [-0.15, -0.1) is 0 Å². The van der Waals surface area contributed by atoms with Crippen LogP contribution in [0.4, 0.5) is 0 Å². The van der Waals surface area contributed by atoms with Crippen LogP contribution in [0.25, 0.3) is 0 Å². The Hall–Kier alpha value is -0.870. The second-order valence-electron chi connectivity index (χ2n) is 5.51. The number of nitrogens with two attached hydrogens (primary N) is 1. The summed E-state index contributed by atoms with van der Waals surface area (Å²) in [6.07, 6.45) is 0. The fourth-order valence-corrected chi connectivity index (χ4v) is 2.20. The fraction of sp³-hybridized carbons (Fsp3) is 0.500. The molecular weight excluding hydrogens is 292 g/mol. The molecule has 4 heteroatoms. The molecule has 100 valence electrons. The van der Waals surface area contributed by atoms with E-state index in [1.807, 2.05) is 32.2 Å². The molecule has 0 radical (unpaired) electrons. The Kier molecular flexibility index (Phi) is 4.93. The number of hydrogen-bond acceptors (Lipinski definition) is 2. The van der Waals surface area contributed by atoms with Crippen LogP contribution in [0.1, 0.15) is 29.8 Å². The Morgan fingerprint density at radius 1 is 1.44 bits per heavy atom. The summed E-state index contributed by atoms with van der Waals surface area (Å²) in [6.45, 7) is 7.29. The number of carbonyl (C=O) groups excluding carboxylic acids is 1. The predicted molar refractivity (Wildman–Crippen MR) is 78.7 cm³/mol. The number of halogens is 1. The third kappa shape index (κ3) is 3.82. The summed E-state index contributed by atoms with van der Waals surface area (Å²) in [5.74, 6) is 0.0205. The van der Waals surface area contributed by atoms with Crippen molar-refractivity contribution in [2.75, 3.05) is 20.1 Å². The molecule has 0 atom stereocenters. The van der Waals surface area contributed by atoms with Crippen molar-refractivity contribution in [2.45, 2.75) is 20.8 Å². The van der Waals surface area contributed by atoms with E-state index in [0.29, 0.717) is 18.7 Å². The number of aryl methyl sites for hydroxylation is 1. The lowest BCUT2D eigenvalue weighted by atomic mass is 9.93. The summed E-state index contributed by atoms with van der Waals surface area (Å²) in [4.78, 5) is 14.1. The maximum absolute atomic E-state index is 12.4. The van der Waals surface area contributed by atoms with Gasteiger partial charge in [-0.2, -0.15) is 0 Å². The molecular formula is C14H21BrN2O. The average Bonchev–Trinajstić information content (AvgIpc) is 2.31. The first-order valence-corrected chi connectivity index (χ1v) is 6.78. The van der Waals surface area contributed by atoms with Crippen molar-refractivity contribution in [2.24, 2.45) is 11.1 Å². The van der Waals surface area contributed by atoms with Crippen LogP contribution < -0.4 is 5.73 Å². The molecule has 0 aliphatic rings. The smallest absolute Gasteiger partial charge is 0.254 e. The number of carbonyl (C=O) groups is 1. The molecule has 0 spiro atoms. The predicted octanol–water partition coefficient (Wildman–Crippen LogP) is 2.81. The lowest BCUT2D eigenvalue weighted by molar-refractivity contribution is 0.0739. The van der Waals surface area contributed by atoms with Gasteiger partial charge >= 0.3 is 0 Å². The van der Waals surface area contributed by atoms with Gasteiger partial charge in [0.25, 0.3) is 5.91 Å². The Morgan fingerprint density at radius 2 is 2.06 bits per heavy atom. The summed E-state index contributed by atoms with van der Waals surface area (Å²) >= 11 is 3.42. The molecule has 0 aliphatic heterocycles. The third-order valence-electron chi connectivity index (χ3n) is 2.92. The van der Waals surface area contributed by atoms with Gasteiger partial charge in [-0.05, 0) is 46.9 Å². The average molecular weight is 313 g/mol. The second kappa shape index (κ2) is 5.85. The van der Waals surface area contributed by atoms with E-state index in [1.54, 1.807) is 4.90 Å². The third-order valence-corrected chi connectivity index (χ3v) is 3.61. The van der Waals surface area contributed by atoms with Crippen LogP contribution in [0.2, 0.25) is 0 Å². The van der Waals surface area contributed by atoms with Gasteiger partial charge < -0.3 is 10.6 Å². The maximum Gasteiger partial charge on any atom is 0.254 e. The minimum atomic E-state index is -0.0687. The van der Waals surface area contributed by atoms with Gasteiger partial charge in [-0.25, -0.2) is 0 Å². The SMILES string of the molecule is Cc1ccc(Br)c(C(=O)N(C)CC(C)(C)CN)c1. The minimum Gasteiger partial charge on any atom is -0.341 e. The van der Waals surface area contributed by atoms with Crippen molar-refractivity contribution in [1.82, 2.24) is 4.90 Å². The van der Waals surface area contributed by atoms with Crippen molar-refractivity contribution in [3.8, 4) is 0 Å². The monoisotopic (exact) mass is 312 g/mol. The molecule has 0 heterocycles. The number of benzene rings is 1. The molecule has 0 bridgehead atoms. The highest BCUT2D eigenvalue weighted by Crippen LogP contribution is 2.21. The Balaban J connectivity index is 2.90. The van der Waals surface area contributed by atoms with Gasteiger partial charge in [0.05, 0.1) is 5.56 Å². The lowest BCUT2D eigenvalue weighted by Gasteiger charge is -2.29. The second-order valence-corrected chi connectivity index (χ2v) is 6.37. The molecule has 0 unspecified atom stereocenters. The van der Waals surface area contributed by atoms with Crippen LogP contribution in [-0.4, -0.2) is 30.9 Å². The summed E-state index contributed by atoms with van der Waals surface area (Å²) in [5, 5.41) is 0. The zero-order valence-corrected chi connectivity index (χ0v) is 13.0. The molecule has 1 aromatic rings. The fourth-order valence-electron chi connectivity index (χ4n) is 1.79. The largest absolute Gasteiger partial charge is 0.341 e. The standard InChI is InChI=1S/C14H21BrN2O/c1-10-5-6-12(15)11(7-10)13(18)17(4)9-14(2,3)8-16/h5-7H,8-9,16H2,1-4H3. The summed E-state index contributed by atoms with van der Waals surface area (Å²) in [7, 11) is 1.81. The first-order valence-electron chi connectivity index (χ1n) is 5.98.